The molecular formula is C12H18. The van der Waals surface area contributed by atoms with E-state index in [0.717, 1.165) is 11.8 Å². The lowest BCUT2D eigenvalue weighted by Gasteiger charge is -2.37. The molecule has 0 bridgehead atoms. The van der Waals surface area contributed by atoms with Gasteiger partial charge in [0, 0.05) is 0 Å². The standard InChI is InChI=1S/C12H18/c1-10(2)12-8-4-3-6-11(12)7-5-9-12/h3-4,6,8,10-11H,5,7,9H2,1-2H3/t11-,12+/m0/s1. The Kier molecular flexibility index (Phi) is 1.86. The minimum atomic E-state index is 0.523. The smallest absolute Gasteiger partial charge is 0.00293 e. The highest BCUT2D eigenvalue weighted by molar-refractivity contribution is 5.22. The third-order valence-electron chi connectivity index (χ3n) is 3.75. The van der Waals surface area contributed by atoms with Crippen LogP contribution < -0.4 is 0 Å². The van der Waals surface area contributed by atoms with Crippen molar-refractivity contribution in [3.63, 3.8) is 0 Å². The van der Waals surface area contributed by atoms with Crippen molar-refractivity contribution in [1.82, 2.24) is 0 Å². The Morgan fingerprint density at radius 1 is 1.33 bits per heavy atom. The zero-order valence-corrected chi connectivity index (χ0v) is 8.09. The van der Waals surface area contributed by atoms with Gasteiger partial charge in [-0.3, -0.25) is 0 Å². The van der Waals surface area contributed by atoms with Crippen molar-refractivity contribution >= 4 is 0 Å². The molecule has 0 heteroatoms. The Bertz CT molecular complexity index is 222. The fourth-order valence-electron chi connectivity index (χ4n) is 2.91. The quantitative estimate of drug-likeness (QED) is 0.553. The van der Waals surface area contributed by atoms with E-state index in [1.807, 2.05) is 0 Å². The molecule has 2 atom stereocenters. The third kappa shape index (κ3) is 0.972. The van der Waals surface area contributed by atoms with E-state index in [1.54, 1.807) is 0 Å². The van der Waals surface area contributed by atoms with Crippen molar-refractivity contribution in [3.05, 3.63) is 24.3 Å². The van der Waals surface area contributed by atoms with Crippen LogP contribution in [0, 0.1) is 17.3 Å². The Morgan fingerprint density at radius 2 is 2.17 bits per heavy atom. The molecule has 0 aromatic heterocycles. The molecule has 0 aliphatic heterocycles. The lowest BCUT2D eigenvalue weighted by molar-refractivity contribution is 0.221. The van der Waals surface area contributed by atoms with E-state index in [1.165, 1.54) is 19.3 Å². The summed E-state index contributed by atoms with van der Waals surface area (Å²) in [7, 11) is 0. The molecule has 12 heavy (non-hydrogen) atoms. The lowest BCUT2D eigenvalue weighted by atomic mass is 9.68. The zero-order valence-electron chi connectivity index (χ0n) is 8.09. The first-order valence-electron chi connectivity index (χ1n) is 5.12. The SMILES string of the molecule is CC(C)[C@]12C=CC=C[C@H]1CCC2. The van der Waals surface area contributed by atoms with Crippen LogP contribution in [0.4, 0.5) is 0 Å². The van der Waals surface area contributed by atoms with Gasteiger partial charge < -0.3 is 0 Å². The summed E-state index contributed by atoms with van der Waals surface area (Å²) in [6.45, 7) is 4.73. The highest BCUT2D eigenvalue weighted by Crippen LogP contribution is 2.51. The Balaban J connectivity index is 2.32. The molecule has 0 spiro atoms. The van der Waals surface area contributed by atoms with Gasteiger partial charge in [0.15, 0.2) is 0 Å². The molecule has 0 saturated heterocycles. The molecule has 1 saturated carbocycles. The Labute approximate surface area is 75.4 Å². The second kappa shape index (κ2) is 2.76. The van der Waals surface area contributed by atoms with Gasteiger partial charge in [-0.1, -0.05) is 44.6 Å². The minimum Gasteiger partial charge on any atom is -0.0806 e. The van der Waals surface area contributed by atoms with Gasteiger partial charge in [0.2, 0.25) is 0 Å². The fourth-order valence-corrected chi connectivity index (χ4v) is 2.91. The van der Waals surface area contributed by atoms with Crippen molar-refractivity contribution < 1.29 is 0 Å². The van der Waals surface area contributed by atoms with Crippen molar-refractivity contribution in [1.29, 1.82) is 0 Å². The van der Waals surface area contributed by atoms with Crippen LogP contribution in [0.1, 0.15) is 33.1 Å². The van der Waals surface area contributed by atoms with Crippen molar-refractivity contribution in [2.45, 2.75) is 33.1 Å². The molecule has 0 aromatic rings. The summed E-state index contributed by atoms with van der Waals surface area (Å²) in [6.07, 6.45) is 13.5. The molecule has 0 radical (unpaired) electrons. The average molecular weight is 162 g/mol. The van der Waals surface area contributed by atoms with Gasteiger partial charge in [0.05, 0.1) is 0 Å². The first-order valence-corrected chi connectivity index (χ1v) is 5.12. The first kappa shape index (κ1) is 8.10. The molecule has 0 amide bonds. The van der Waals surface area contributed by atoms with Gasteiger partial charge in [0.1, 0.15) is 0 Å². The van der Waals surface area contributed by atoms with E-state index in [9.17, 15) is 0 Å². The average Bonchev–Trinajstić information content (AvgIpc) is 2.48. The lowest BCUT2D eigenvalue weighted by Crippen LogP contribution is -2.29. The Hall–Kier alpha value is -0.520. The molecule has 2 aliphatic carbocycles. The maximum atomic E-state index is 2.45. The normalized spacial score (nSPS) is 39.1. The van der Waals surface area contributed by atoms with Crippen LogP contribution in [0.3, 0.4) is 0 Å². The fraction of sp³-hybridized carbons (Fsp3) is 0.667. The van der Waals surface area contributed by atoms with E-state index < -0.39 is 0 Å². The molecular weight excluding hydrogens is 144 g/mol. The minimum absolute atomic E-state index is 0.523. The van der Waals surface area contributed by atoms with E-state index >= 15 is 0 Å². The summed E-state index contributed by atoms with van der Waals surface area (Å²) >= 11 is 0. The van der Waals surface area contributed by atoms with Crippen molar-refractivity contribution in [2.24, 2.45) is 17.3 Å². The third-order valence-corrected chi connectivity index (χ3v) is 3.75. The molecule has 0 aromatic carbocycles. The van der Waals surface area contributed by atoms with E-state index in [-0.39, 0.29) is 0 Å². The molecule has 2 aliphatic rings. The summed E-state index contributed by atoms with van der Waals surface area (Å²) in [6, 6.07) is 0. The summed E-state index contributed by atoms with van der Waals surface area (Å²) in [5, 5.41) is 0. The monoisotopic (exact) mass is 162 g/mol. The van der Waals surface area contributed by atoms with E-state index in [0.29, 0.717) is 5.41 Å². The molecule has 0 nitrogen and oxygen atoms in total. The van der Waals surface area contributed by atoms with Crippen LogP contribution in [0.2, 0.25) is 0 Å². The number of hydrogen-bond acceptors (Lipinski definition) is 0. The summed E-state index contributed by atoms with van der Waals surface area (Å²) in [5.41, 5.74) is 0.523. The van der Waals surface area contributed by atoms with Gasteiger partial charge >= 0.3 is 0 Å². The number of fused-ring (bicyclic) bond motifs is 1. The second-order valence-corrected chi connectivity index (χ2v) is 4.51. The van der Waals surface area contributed by atoms with Crippen LogP contribution in [0.5, 0.6) is 0 Å². The summed E-state index contributed by atoms with van der Waals surface area (Å²) in [4.78, 5) is 0. The van der Waals surface area contributed by atoms with Crippen LogP contribution >= 0.6 is 0 Å². The van der Waals surface area contributed by atoms with Crippen molar-refractivity contribution in [2.75, 3.05) is 0 Å². The van der Waals surface area contributed by atoms with Gasteiger partial charge in [-0.15, -0.1) is 0 Å². The van der Waals surface area contributed by atoms with Gasteiger partial charge in [-0.25, -0.2) is 0 Å². The highest BCUT2D eigenvalue weighted by atomic mass is 14.5. The van der Waals surface area contributed by atoms with Gasteiger partial charge in [-0.05, 0) is 30.1 Å². The largest absolute Gasteiger partial charge is 0.0806 e. The van der Waals surface area contributed by atoms with Crippen LogP contribution in [-0.4, -0.2) is 0 Å². The highest BCUT2D eigenvalue weighted by Gasteiger charge is 2.42. The van der Waals surface area contributed by atoms with E-state index in [4.69, 9.17) is 0 Å². The van der Waals surface area contributed by atoms with Gasteiger partial charge in [-0.2, -0.15) is 0 Å². The first-order chi connectivity index (χ1) is 5.76. The van der Waals surface area contributed by atoms with Crippen LogP contribution in [-0.2, 0) is 0 Å². The number of allylic oxidation sites excluding steroid dienone is 4. The molecule has 0 unspecified atom stereocenters. The van der Waals surface area contributed by atoms with Crippen LogP contribution in [0.15, 0.2) is 24.3 Å². The predicted octanol–water partition coefficient (Wildman–Crippen LogP) is 3.55. The summed E-state index contributed by atoms with van der Waals surface area (Å²) in [5.74, 6) is 1.63. The van der Waals surface area contributed by atoms with Crippen molar-refractivity contribution in [3.8, 4) is 0 Å². The number of rotatable bonds is 1. The summed E-state index contributed by atoms with van der Waals surface area (Å²) < 4.78 is 0. The zero-order chi connectivity index (χ0) is 8.60. The number of hydrogen-bond donors (Lipinski definition) is 0. The predicted molar refractivity (Wildman–Crippen MR) is 52.9 cm³/mol. The molecule has 0 heterocycles. The van der Waals surface area contributed by atoms with E-state index in [2.05, 4.69) is 38.2 Å². The maximum absolute atomic E-state index is 2.45. The topological polar surface area (TPSA) is 0 Å². The maximum Gasteiger partial charge on any atom is -0.00293 e. The van der Waals surface area contributed by atoms with Gasteiger partial charge in [0.25, 0.3) is 0 Å². The van der Waals surface area contributed by atoms with Crippen LogP contribution in [0.25, 0.3) is 0 Å². The second-order valence-electron chi connectivity index (χ2n) is 4.51. The molecule has 2 rings (SSSR count). The molecule has 1 fully saturated rings. The molecule has 66 valence electrons. The molecule has 0 N–H and O–H groups in total. The Morgan fingerprint density at radius 3 is 2.83 bits per heavy atom.